The number of benzene rings is 1. The van der Waals surface area contributed by atoms with Gasteiger partial charge in [-0.3, -0.25) is 9.59 Å². The van der Waals surface area contributed by atoms with Crippen LogP contribution in [0.1, 0.15) is 36.0 Å². The third kappa shape index (κ3) is 2.92. The van der Waals surface area contributed by atoms with Gasteiger partial charge in [0.05, 0.1) is 5.71 Å². The minimum absolute atomic E-state index is 0.0142. The molecule has 1 N–H and O–H groups in total. The number of hydrogen-bond acceptors (Lipinski definition) is 2. The van der Waals surface area contributed by atoms with Crippen LogP contribution in [0.15, 0.2) is 58.3 Å². The first-order chi connectivity index (χ1) is 12.5. The summed E-state index contributed by atoms with van der Waals surface area (Å²) in [6.45, 7) is 0. The highest BCUT2D eigenvalue weighted by Gasteiger charge is 2.33. The van der Waals surface area contributed by atoms with E-state index in [1.165, 1.54) is 6.07 Å². The molecule has 0 fully saturated rings. The summed E-state index contributed by atoms with van der Waals surface area (Å²) in [6.07, 6.45) is 9.11. The zero-order valence-electron chi connectivity index (χ0n) is 13.9. The van der Waals surface area contributed by atoms with Gasteiger partial charge in [-0.05, 0) is 61.6 Å². The minimum atomic E-state index is -1.09. The number of nitrogens with zero attached hydrogens (tertiary/aromatic N) is 1. The van der Waals surface area contributed by atoms with Crippen molar-refractivity contribution in [3.05, 3.63) is 70.5 Å². The molecule has 6 heteroatoms. The molecule has 1 heterocycles. The number of halogens is 2. The Balaban J connectivity index is 1.62. The Morgan fingerprint density at radius 1 is 1.15 bits per heavy atom. The van der Waals surface area contributed by atoms with Gasteiger partial charge >= 0.3 is 0 Å². The second-order valence-corrected chi connectivity index (χ2v) is 6.57. The van der Waals surface area contributed by atoms with Crippen molar-refractivity contribution >= 4 is 17.5 Å². The molecule has 1 atom stereocenters. The van der Waals surface area contributed by atoms with Crippen LogP contribution < -0.4 is 5.32 Å². The average Bonchev–Trinajstić information content (AvgIpc) is 2.64. The number of rotatable bonds is 1. The molecule has 1 aliphatic heterocycles. The fourth-order valence-electron chi connectivity index (χ4n) is 3.63. The van der Waals surface area contributed by atoms with Gasteiger partial charge in [-0.15, -0.1) is 0 Å². The van der Waals surface area contributed by atoms with Crippen LogP contribution in [0.25, 0.3) is 0 Å². The predicted octanol–water partition coefficient (Wildman–Crippen LogP) is 3.62. The standard InChI is InChI=1S/C20H16F2N2O2/c21-16-8-5-11(9-17(16)22)19(25)23-12-6-7-14-13-3-1-2-4-15(13)20(26)24-18(14)10-12/h5-10,14H,1-4H2,(H,24,26). The van der Waals surface area contributed by atoms with E-state index in [0.29, 0.717) is 11.4 Å². The second kappa shape index (κ2) is 6.44. The number of amides is 2. The maximum Gasteiger partial charge on any atom is 0.277 e. The quantitative estimate of drug-likeness (QED) is 0.837. The van der Waals surface area contributed by atoms with Crippen LogP contribution in [0.5, 0.6) is 0 Å². The number of carbonyl (C=O) groups excluding carboxylic acids is 2. The molecule has 0 saturated heterocycles. The van der Waals surface area contributed by atoms with Crippen molar-refractivity contribution in [1.82, 2.24) is 5.32 Å². The molecule has 26 heavy (non-hydrogen) atoms. The highest BCUT2D eigenvalue weighted by atomic mass is 19.2. The SMILES string of the molecule is O=C1NC2=CC(=NC(=O)c3ccc(F)c(F)c3)C=CC2C2=C1CCCC2. The third-order valence-corrected chi connectivity index (χ3v) is 4.91. The van der Waals surface area contributed by atoms with Gasteiger partial charge in [0.1, 0.15) is 0 Å². The largest absolute Gasteiger partial charge is 0.325 e. The second-order valence-electron chi connectivity index (χ2n) is 6.57. The van der Waals surface area contributed by atoms with Crippen LogP contribution in [-0.2, 0) is 4.79 Å². The Hall–Kier alpha value is -2.89. The van der Waals surface area contributed by atoms with Gasteiger partial charge in [0.2, 0.25) is 0 Å². The molecule has 4 rings (SSSR count). The molecule has 1 unspecified atom stereocenters. The molecule has 0 spiro atoms. The molecule has 2 amide bonds. The minimum Gasteiger partial charge on any atom is -0.325 e. The molecule has 2 aliphatic carbocycles. The van der Waals surface area contributed by atoms with E-state index in [-0.39, 0.29) is 17.4 Å². The summed E-state index contributed by atoms with van der Waals surface area (Å²) in [5, 5.41) is 2.89. The molecule has 0 aromatic heterocycles. The highest BCUT2D eigenvalue weighted by molar-refractivity contribution is 6.14. The topological polar surface area (TPSA) is 58.5 Å². The van der Waals surface area contributed by atoms with Crippen molar-refractivity contribution in [1.29, 1.82) is 0 Å². The van der Waals surface area contributed by atoms with Gasteiger partial charge in [0, 0.05) is 22.8 Å². The summed E-state index contributed by atoms with van der Waals surface area (Å²) in [5.41, 5.74) is 3.06. The Morgan fingerprint density at radius 3 is 2.77 bits per heavy atom. The highest BCUT2D eigenvalue weighted by Crippen LogP contribution is 2.38. The lowest BCUT2D eigenvalue weighted by atomic mass is 9.77. The van der Waals surface area contributed by atoms with Crippen LogP contribution in [0.3, 0.4) is 0 Å². The van der Waals surface area contributed by atoms with E-state index < -0.39 is 17.5 Å². The van der Waals surface area contributed by atoms with E-state index in [0.717, 1.165) is 49.0 Å². The summed E-state index contributed by atoms with van der Waals surface area (Å²) in [6, 6.07) is 2.91. The lowest BCUT2D eigenvalue weighted by molar-refractivity contribution is -0.117. The zero-order valence-corrected chi connectivity index (χ0v) is 13.9. The Kier molecular flexibility index (Phi) is 4.11. The first kappa shape index (κ1) is 16.6. The van der Waals surface area contributed by atoms with Gasteiger partial charge in [-0.25, -0.2) is 13.8 Å². The van der Waals surface area contributed by atoms with E-state index in [1.54, 1.807) is 12.2 Å². The van der Waals surface area contributed by atoms with Gasteiger partial charge in [-0.2, -0.15) is 0 Å². The van der Waals surface area contributed by atoms with E-state index in [1.807, 2.05) is 6.08 Å². The Labute approximate surface area is 149 Å². The van der Waals surface area contributed by atoms with Crippen LogP contribution in [-0.4, -0.2) is 17.5 Å². The molecule has 1 aromatic rings. The first-order valence-electron chi connectivity index (χ1n) is 8.54. The van der Waals surface area contributed by atoms with Gasteiger partial charge in [-0.1, -0.05) is 6.08 Å². The van der Waals surface area contributed by atoms with Crippen molar-refractivity contribution in [2.45, 2.75) is 25.7 Å². The number of carbonyl (C=O) groups is 2. The van der Waals surface area contributed by atoms with Crippen LogP contribution in [0.2, 0.25) is 0 Å². The van der Waals surface area contributed by atoms with Gasteiger partial charge in [0.25, 0.3) is 11.8 Å². The predicted molar refractivity (Wildman–Crippen MR) is 92.5 cm³/mol. The maximum absolute atomic E-state index is 13.3. The van der Waals surface area contributed by atoms with Crippen molar-refractivity contribution in [3.8, 4) is 0 Å². The Bertz CT molecular complexity index is 941. The van der Waals surface area contributed by atoms with Crippen LogP contribution in [0.4, 0.5) is 8.78 Å². The molecule has 132 valence electrons. The summed E-state index contributed by atoms with van der Waals surface area (Å²) >= 11 is 0. The fourth-order valence-corrected chi connectivity index (χ4v) is 3.63. The van der Waals surface area contributed by atoms with Crippen molar-refractivity contribution in [2.24, 2.45) is 10.9 Å². The summed E-state index contributed by atoms with van der Waals surface area (Å²) in [4.78, 5) is 28.4. The maximum atomic E-state index is 13.3. The fraction of sp³-hybridized carbons (Fsp3) is 0.250. The number of nitrogens with one attached hydrogen (secondary N) is 1. The van der Waals surface area contributed by atoms with Crippen molar-refractivity contribution < 1.29 is 18.4 Å². The number of allylic oxidation sites excluding steroid dienone is 3. The third-order valence-electron chi connectivity index (χ3n) is 4.91. The summed E-state index contributed by atoms with van der Waals surface area (Å²) in [5.74, 6) is -2.84. The average molecular weight is 354 g/mol. The van der Waals surface area contributed by atoms with Crippen molar-refractivity contribution in [2.75, 3.05) is 0 Å². The van der Waals surface area contributed by atoms with E-state index >= 15 is 0 Å². The number of aliphatic imine (C=N–C) groups is 1. The van der Waals surface area contributed by atoms with E-state index in [2.05, 4.69) is 10.3 Å². The summed E-state index contributed by atoms with van der Waals surface area (Å²) in [7, 11) is 0. The molecule has 0 radical (unpaired) electrons. The smallest absolute Gasteiger partial charge is 0.277 e. The zero-order chi connectivity index (χ0) is 18.3. The molecule has 0 saturated carbocycles. The number of hydrogen-bond donors (Lipinski definition) is 1. The van der Waals surface area contributed by atoms with Gasteiger partial charge < -0.3 is 5.32 Å². The molecule has 1 aromatic carbocycles. The van der Waals surface area contributed by atoms with E-state index in [9.17, 15) is 18.4 Å². The van der Waals surface area contributed by atoms with Crippen LogP contribution in [0, 0.1) is 17.6 Å². The lowest BCUT2D eigenvalue weighted by Crippen LogP contribution is -2.37. The monoisotopic (exact) mass is 354 g/mol. The lowest BCUT2D eigenvalue weighted by Gasteiger charge is -2.33. The van der Waals surface area contributed by atoms with Crippen molar-refractivity contribution in [3.63, 3.8) is 0 Å². The Morgan fingerprint density at radius 2 is 1.96 bits per heavy atom. The molecule has 0 bridgehead atoms. The molecule has 4 nitrogen and oxygen atoms in total. The normalized spacial score (nSPS) is 23.3. The molecular weight excluding hydrogens is 338 g/mol. The summed E-state index contributed by atoms with van der Waals surface area (Å²) < 4.78 is 26.3. The van der Waals surface area contributed by atoms with E-state index in [4.69, 9.17) is 0 Å². The van der Waals surface area contributed by atoms with Crippen LogP contribution >= 0.6 is 0 Å². The molecular formula is C20H16F2N2O2. The first-order valence-corrected chi connectivity index (χ1v) is 8.54. The van der Waals surface area contributed by atoms with Gasteiger partial charge in [0.15, 0.2) is 11.6 Å². The molecule has 3 aliphatic rings. The number of fused-ring (bicyclic) bond motifs is 2.